The maximum atomic E-state index is 13.6. The fourth-order valence-corrected chi connectivity index (χ4v) is 4.87. The normalized spacial score (nSPS) is 16.3. The molecule has 2 aromatic carbocycles. The predicted molar refractivity (Wildman–Crippen MR) is 140 cm³/mol. The number of halogens is 1. The van der Waals surface area contributed by atoms with Crippen LogP contribution in [0, 0.1) is 17.1 Å². The van der Waals surface area contributed by atoms with Gasteiger partial charge in [-0.25, -0.2) is 14.2 Å². The van der Waals surface area contributed by atoms with Crippen molar-refractivity contribution in [3.05, 3.63) is 77.6 Å². The average Bonchev–Trinajstić information content (AvgIpc) is 3.20. The lowest BCUT2D eigenvalue weighted by Gasteiger charge is -2.35. The van der Waals surface area contributed by atoms with E-state index in [2.05, 4.69) is 25.5 Å². The lowest BCUT2D eigenvalue weighted by atomic mass is 10.0. The number of pyridine rings is 1. The zero-order chi connectivity index (χ0) is 25.7. The Morgan fingerprint density at radius 1 is 1.22 bits per heavy atom. The molecule has 0 bridgehead atoms. The first-order valence-electron chi connectivity index (χ1n) is 12.2. The number of quaternary nitrogens is 1. The summed E-state index contributed by atoms with van der Waals surface area (Å²) in [4.78, 5) is 19.1. The Balaban J connectivity index is 1.68. The Labute approximate surface area is 211 Å². The Morgan fingerprint density at radius 2 is 2.03 bits per heavy atom. The number of urea groups is 1. The molecule has 2 amide bonds. The third-order valence-corrected chi connectivity index (χ3v) is 7.00. The molecule has 3 N–H and O–H groups in total. The molecular formula is C28H32FN6O+. The second kappa shape index (κ2) is 10.8. The number of amides is 2. The van der Waals surface area contributed by atoms with Crippen LogP contribution in [0.3, 0.4) is 0 Å². The quantitative estimate of drug-likeness (QED) is 0.456. The largest absolute Gasteiger partial charge is 0.368 e. The molecule has 0 radical (unpaired) electrons. The minimum absolute atomic E-state index is 0.261. The van der Waals surface area contributed by atoms with Gasteiger partial charge in [-0.15, -0.1) is 0 Å². The second-order valence-electron chi connectivity index (χ2n) is 9.78. The van der Waals surface area contributed by atoms with E-state index in [-0.39, 0.29) is 11.9 Å². The highest BCUT2D eigenvalue weighted by Crippen LogP contribution is 2.32. The van der Waals surface area contributed by atoms with Crippen LogP contribution >= 0.6 is 0 Å². The number of hydrogen-bond acceptors (Lipinski definition) is 4. The first-order valence-corrected chi connectivity index (χ1v) is 12.2. The molecule has 1 atom stereocenters. The number of nitrogens with zero attached hydrogens (tertiary/aromatic N) is 4. The number of nitrogens with two attached hydrogens (primary N) is 1. The van der Waals surface area contributed by atoms with Crippen molar-refractivity contribution in [2.24, 2.45) is 5.73 Å². The third kappa shape index (κ3) is 5.64. The van der Waals surface area contributed by atoms with Crippen LogP contribution in [0.15, 0.2) is 60.7 Å². The molecule has 1 aliphatic rings. The minimum Gasteiger partial charge on any atom is -0.368 e. The average molecular weight is 488 g/mol. The molecule has 3 aromatic rings. The van der Waals surface area contributed by atoms with Crippen molar-refractivity contribution in [3.8, 4) is 17.3 Å². The number of aromatic nitrogens is 1. The minimum atomic E-state index is -0.540. The van der Waals surface area contributed by atoms with Gasteiger partial charge in [-0.1, -0.05) is 30.3 Å². The molecule has 0 aliphatic carbocycles. The standard InChI is InChI=1S/C28H31FN6O/c1-35(2)16-6-10-23(35)19-34(28(31)36)26-13-12-25(24-11-4-3-8-21(24)18-30)33-27(26)32-15-14-20-7-5-9-22(29)17-20/h3-5,7-9,11-13,17,23H,6,10,14-16,19H2,1-2H3,(H2-,31,32,33,36)/p+1/t23-/m1/s1. The van der Waals surface area contributed by atoms with Crippen molar-refractivity contribution in [3.63, 3.8) is 0 Å². The highest BCUT2D eigenvalue weighted by molar-refractivity contribution is 5.94. The highest BCUT2D eigenvalue weighted by Gasteiger charge is 2.37. The molecule has 0 spiro atoms. The molecule has 36 heavy (non-hydrogen) atoms. The zero-order valence-corrected chi connectivity index (χ0v) is 20.7. The third-order valence-electron chi connectivity index (χ3n) is 7.00. The van der Waals surface area contributed by atoms with Crippen molar-refractivity contribution in [1.82, 2.24) is 4.98 Å². The van der Waals surface area contributed by atoms with Gasteiger partial charge in [0.05, 0.1) is 50.2 Å². The number of hydrogen-bond donors (Lipinski definition) is 2. The Bertz CT molecular complexity index is 1290. The van der Waals surface area contributed by atoms with Gasteiger partial charge in [0.1, 0.15) is 11.9 Å². The molecule has 186 valence electrons. The van der Waals surface area contributed by atoms with E-state index >= 15 is 0 Å². The van der Waals surface area contributed by atoms with Gasteiger partial charge in [0.2, 0.25) is 0 Å². The summed E-state index contributed by atoms with van der Waals surface area (Å²) in [6.45, 7) is 2.01. The van der Waals surface area contributed by atoms with Crippen LogP contribution < -0.4 is 16.0 Å². The number of anilines is 2. The summed E-state index contributed by atoms with van der Waals surface area (Å²) in [5.41, 5.74) is 9.16. The lowest BCUT2D eigenvalue weighted by molar-refractivity contribution is -0.900. The summed E-state index contributed by atoms with van der Waals surface area (Å²) < 4.78 is 14.5. The van der Waals surface area contributed by atoms with E-state index in [0.717, 1.165) is 29.4 Å². The van der Waals surface area contributed by atoms with Crippen LogP contribution in [-0.4, -0.2) is 55.3 Å². The van der Waals surface area contributed by atoms with Crippen molar-refractivity contribution < 1.29 is 13.7 Å². The molecule has 1 saturated heterocycles. The lowest BCUT2D eigenvalue weighted by Crippen LogP contribution is -2.52. The maximum absolute atomic E-state index is 13.6. The molecule has 7 nitrogen and oxygen atoms in total. The summed E-state index contributed by atoms with van der Waals surface area (Å²) in [6.07, 6.45) is 2.69. The maximum Gasteiger partial charge on any atom is 0.319 e. The topological polar surface area (TPSA) is 95.0 Å². The zero-order valence-electron chi connectivity index (χ0n) is 20.7. The summed E-state index contributed by atoms with van der Waals surface area (Å²) in [5, 5.41) is 12.9. The molecule has 1 aliphatic heterocycles. The number of primary amides is 1. The molecular weight excluding hydrogens is 455 g/mol. The van der Waals surface area contributed by atoms with E-state index in [4.69, 9.17) is 10.7 Å². The van der Waals surface area contributed by atoms with Crippen LogP contribution in [0.4, 0.5) is 20.7 Å². The van der Waals surface area contributed by atoms with Crippen molar-refractivity contribution in [1.29, 1.82) is 5.26 Å². The Kier molecular flexibility index (Phi) is 7.51. The van der Waals surface area contributed by atoms with Crippen molar-refractivity contribution in [2.45, 2.75) is 25.3 Å². The van der Waals surface area contributed by atoms with Crippen LogP contribution in [0.1, 0.15) is 24.0 Å². The summed E-state index contributed by atoms with van der Waals surface area (Å²) in [5.74, 6) is 0.220. The van der Waals surface area contributed by atoms with Gasteiger partial charge >= 0.3 is 6.03 Å². The number of likely N-dealkylation sites (tertiary alicyclic amines) is 1. The van der Waals surface area contributed by atoms with Crippen molar-refractivity contribution in [2.75, 3.05) is 43.9 Å². The highest BCUT2D eigenvalue weighted by atomic mass is 19.1. The Hall–Kier alpha value is -3.96. The van der Waals surface area contributed by atoms with E-state index in [1.807, 2.05) is 36.4 Å². The molecule has 0 saturated carbocycles. The predicted octanol–water partition coefficient (Wildman–Crippen LogP) is 4.54. The number of nitrogens with one attached hydrogen (secondary N) is 1. The van der Waals surface area contributed by atoms with E-state index in [0.29, 0.717) is 47.8 Å². The number of benzene rings is 2. The van der Waals surface area contributed by atoms with E-state index in [1.54, 1.807) is 17.0 Å². The Morgan fingerprint density at radius 3 is 2.72 bits per heavy atom. The van der Waals surface area contributed by atoms with E-state index < -0.39 is 6.03 Å². The summed E-state index contributed by atoms with van der Waals surface area (Å²) >= 11 is 0. The molecule has 0 unspecified atom stereocenters. The fourth-order valence-electron chi connectivity index (χ4n) is 4.87. The van der Waals surface area contributed by atoms with E-state index in [9.17, 15) is 14.4 Å². The second-order valence-corrected chi connectivity index (χ2v) is 9.78. The summed E-state index contributed by atoms with van der Waals surface area (Å²) in [6, 6.07) is 19.3. The number of rotatable bonds is 8. The van der Waals surface area contributed by atoms with Crippen LogP contribution in [-0.2, 0) is 6.42 Å². The van der Waals surface area contributed by atoms with Crippen molar-refractivity contribution >= 4 is 17.5 Å². The van der Waals surface area contributed by atoms with Gasteiger partial charge < -0.3 is 15.5 Å². The molecule has 1 fully saturated rings. The first kappa shape index (κ1) is 25.1. The summed E-state index contributed by atoms with van der Waals surface area (Å²) in [7, 11) is 4.35. The monoisotopic (exact) mass is 487 g/mol. The smallest absolute Gasteiger partial charge is 0.319 e. The molecule has 8 heteroatoms. The van der Waals surface area contributed by atoms with E-state index in [1.165, 1.54) is 12.1 Å². The number of likely N-dealkylation sites (N-methyl/N-ethyl adjacent to an activating group) is 1. The van der Waals surface area contributed by atoms with Crippen LogP contribution in [0.5, 0.6) is 0 Å². The molecule has 1 aromatic heterocycles. The SMILES string of the molecule is C[N+]1(C)CCC[C@@H]1CN(C(N)=O)c1ccc(-c2ccccc2C#N)nc1NCCc1cccc(F)c1. The number of carbonyl (C=O) groups excluding carboxylic acids is 1. The van der Waals surface area contributed by atoms with Gasteiger partial charge in [0.15, 0.2) is 5.82 Å². The van der Waals surface area contributed by atoms with Gasteiger partial charge in [0.25, 0.3) is 0 Å². The van der Waals surface area contributed by atoms with Gasteiger partial charge in [-0.3, -0.25) is 4.90 Å². The van der Waals surface area contributed by atoms with Gasteiger partial charge in [-0.2, -0.15) is 5.26 Å². The number of carbonyl (C=O) groups is 1. The number of nitriles is 1. The van der Waals surface area contributed by atoms with Gasteiger partial charge in [0, 0.05) is 24.9 Å². The van der Waals surface area contributed by atoms with Crippen LogP contribution in [0.25, 0.3) is 11.3 Å². The van der Waals surface area contributed by atoms with Gasteiger partial charge in [-0.05, 0) is 42.3 Å². The first-order chi connectivity index (χ1) is 17.3. The molecule has 4 rings (SSSR count). The van der Waals surface area contributed by atoms with Crippen LogP contribution in [0.2, 0.25) is 0 Å². The molecule has 2 heterocycles. The fraction of sp³-hybridized carbons (Fsp3) is 0.321.